The van der Waals surface area contributed by atoms with Gasteiger partial charge in [-0.1, -0.05) is 5.11 Å². The molecule has 1 fully saturated rings. The Labute approximate surface area is 71.0 Å². The van der Waals surface area contributed by atoms with Gasteiger partial charge in [0.15, 0.2) is 0 Å². The van der Waals surface area contributed by atoms with Crippen LogP contribution >= 0.6 is 0 Å². The Balaban J connectivity index is 2.18. The lowest BCUT2D eigenvalue weighted by Crippen LogP contribution is -2.37. The second kappa shape index (κ2) is 4.95. The summed E-state index contributed by atoms with van der Waals surface area (Å²) < 4.78 is 12.8. The molecule has 0 bridgehead atoms. The Morgan fingerprint density at radius 2 is 2.50 bits per heavy atom. The number of rotatable bonds is 3. The first-order valence-electron chi connectivity index (χ1n) is 4.20. The van der Waals surface area contributed by atoms with E-state index in [1.165, 1.54) is 0 Å². The quantitative estimate of drug-likeness (QED) is 0.363. The summed E-state index contributed by atoms with van der Waals surface area (Å²) in [5.74, 6) is 0. The van der Waals surface area contributed by atoms with Crippen LogP contribution in [0.15, 0.2) is 5.11 Å². The van der Waals surface area contributed by atoms with Crippen molar-refractivity contribution in [2.75, 3.05) is 26.2 Å². The fraction of sp³-hybridized carbons (Fsp3) is 1.00. The van der Waals surface area contributed by atoms with Crippen LogP contribution in [-0.2, 0) is 0 Å². The summed E-state index contributed by atoms with van der Waals surface area (Å²) in [4.78, 5) is 4.65. The summed E-state index contributed by atoms with van der Waals surface area (Å²) in [5.41, 5.74) is 8.01. The monoisotopic (exact) mass is 172 g/mol. The van der Waals surface area contributed by atoms with Crippen LogP contribution in [0, 0.1) is 0 Å². The van der Waals surface area contributed by atoms with Crippen molar-refractivity contribution in [2.24, 2.45) is 5.11 Å². The lowest BCUT2D eigenvalue weighted by Gasteiger charge is -2.28. The molecule has 1 rings (SSSR count). The molecule has 0 aliphatic carbocycles. The van der Waals surface area contributed by atoms with Crippen molar-refractivity contribution in [3.63, 3.8) is 0 Å². The van der Waals surface area contributed by atoms with Gasteiger partial charge in [-0.3, -0.25) is 0 Å². The van der Waals surface area contributed by atoms with Gasteiger partial charge in [-0.25, -0.2) is 4.39 Å². The normalized spacial score (nSPS) is 24.9. The number of hydrogen-bond donors (Lipinski definition) is 0. The van der Waals surface area contributed by atoms with E-state index in [2.05, 4.69) is 10.0 Å². The first-order chi connectivity index (χ1) is 5.83. The third-order valence-corrected chi connectivity index (χ3v) is 2.03. The molecule has 1 aliphatic rings. The van der Waals surface area contributed by atoms with Gasteiger partial charge in [-0.05, 0) is 24.9 Å². The van der Waals surface area contributed by atoms with Gasteiger partial charge in [0, 0.05) is 24.5 Å². The van der Waals surface area contributed by atoms with Crippen molar-refractivity contribution in [2.45, 2.75) is 19.0 Å². The van der Waals surface area contributed by atoms with Gasteiger partial charge in [-0.2, -0.15) is 0 Å². The van der Waals surface area contributed by atoms with E-state index in [4.69, 9.17) is 5.53 Å². The fourth-order valence-electron chi connectivity index (χ4n) is 1.43. The molecule has 0 aromatic carbocycles. The number of azide groups is 1. The highest BCUT2D eigenvalue weighted by atomic mass is 19.1. The summed E-state index contributed by atoms with van der Waals surface area (Å²) in [7, 11) is 0. The molecule has 0 N–H and O–H groups in total. The third kappa shape index (κ3) is 3.07. The molecule has 0 amide bonds. The van der Waals surface area contributed by atoms with Gasteiger partial charge in [0.25, 0.3) is 0 Å². The molecule has 0 saturated carbocycles. The largest absolute Gasteiger partial charge is 0.300 e. The van der Waals surface area contributed by atoms with E-state index in [1.54, 1.807) is 0 Å². The molecule has 0 spiro atoms. The smallest absolute Gasteiger partial charge is 0.113 e. The molecular weight excluding hydrogens is 159 g/mol. The third-order valence-electron chi connectivity index (χ3n) is 2.03. The van der Waals surface area contributed by atoms with Crippen molar-refractivity contribution >= 4 is 0 Å². The number of hydrogen-bond acceptors (Lipinski definition) is 2. The predicted molar refractivity (Wildman–Crippen MR) is 44.6 cm³/mol. The molecule has 0 aromatic rings. The van der Waals surface area contributed by atoms with Crippen LogP contribution in [0.4, 0.5) is 4.39 Å². The van der Waals surface area contributed by atoms with Crippen LogP contribution in [0.25, 0.3) is 10.4 Å². The molecule has 4 nitrogen and oxygen atoms in total. The number of nitrogens with zero attached hydrogens (tertiary/aromatic N) is 4. The summed E-state index contributed by atoms with van der Waals surface area (Å²) >= 11 is 0. The maximum atomic E-state index is 12.8. The topological polar surface area (TPSA) is 52.0 Å². The number of halogens is 1. The van der Waals surface area contributed by atoms with E-state index < -0.39 is 6.17 Å². The van der Waals surface area contributed by atoms with Crippen LogP contribution in [0.1, 0.15) is 12.8 Å². The molecule has 1 saturated heterocycles. The Morgan fingerprint density at radius 1 is 1.67 bits per heavy atom. The fourth-order valence-corrected chi connectivity index (χ4v) is 1.43. The van der Waals surface area contributed by atoms with E-state index in [0.717, 1.165) is 13.0 Å². The average molecular weight is 172 g/mol. The lowest BCUT2D eigenvalue weighted by atomic mass is 10.1. The van der Waals surface area contributed by atoms with Gasteiger partial charge in [-0.15, -0.1) is 0 Å². The summed E-state index contributed by atoms with van der Waals surface area (Å²) in [5, 5.41) is 3.41. The molecule has 0 radical (unpaired) electrons. The van der Waals surface area contributed by atoms with E-state index >= 15 is 0 Å². The minimum absolute atomic E-state index is 0.448. The molecule has 1 atom stereocenters. The zero-order valence-electron chi connectivity index (χ0n) is 6.99. The zero-order chi connectivity index (χ0) is 8.81. The van der Waals surface area contributed by atoms with Crippen molar-refractivity contribution in [3.05, 3.63) is 10.4 Å². The van der Waals surface area contributed by atoms with Gasteiger partial charge < -0.3 is 4.90 Å². The molecule has 12 heavy (non-hydrogen) atoms. The second-order valence-corrected chi connectivity index (χ2v) is 2.99. The lowest BCUT2D eigenvalue weighted by molar-refractivity contribution is 0.142. The van der Waals surface area contributed by atoms with Crippen molar-refractivity contribution in [1.82, 2.24) is 4.90 Å². The maximum Gasteiger partial charge on any atom is 0.113 e. The van der Waals surface area contributed by atoms with E-state index in [1.807, 2.05) is 4.90 Å². The van der Waals surface area contributed by atoms with Crippen LogP contribution in [0.5, 0.6) is 0 Å². The minimum Gasteiger partial charge on any atom is -0.300 e. The molecule has 1 aliphatic heterocycles. The summed E-state index contributed by atoms with van der Waals surface area (Å²) in [6.45, 7) is 2.57. The molecule has 0 aromatic heterocycles. The summed E-state index contributed by atoms with van der Waals surface area (Å²) in [6, 6.07) is 0. The molecule has 0 unspecified atom stereocenters. The zero-order valence-corrected chi connectivity index (χ0v) is 6.99. The van der Waals surface area contributed by atoms with Gasteiger partial charge in [0.1, 0.15) is 6.17 Å². The highest BCUT2D eigenvalue weighted by Gasteiger charge is 2.17. The first kappa shape index (κ1) is 9.29. The second-order valence-electron chi connectivity index (χ2n) is 2.99. The van der Waals surface area contributed by atoms with Crippen molar-refractivity contribution in [3.8, 4) is 0 Å². The SMILES string of the molecule is [N-]=[N+]=NCCN1CCC[C@@H](F)C1. The highest BCUT2D eigenvalue weighted by molar-refractivity contribution is 4.72. The van der Waals surface area contributed by atoms with E-state index in [0.29, 0.717) is 26.1 Å². The Kier molecular flexibility index (Phi) is 3.84. The highest BCUT2D eigenvalue weighted by Crippen LogP contribution is 2.11. The van der Waals surface area contributed by atoms with Crippen molar-refractivity contribution in [1.29, 1.82) is 0 Å². The van der Waals surface area contributed by atoms with Crippen molar-refractivity contribution < 1.29 is 4.39 Å². The van der Waals surface area contributed by atoms with E-state index in [-0.39, 0.29) is 0 Å². The van der Waals surface area contributed by atoms with Crippen LogP contribution in [0.3, 0.4) is 0 Å². The number of alkyl halides is 1. The molecule has 68 valence electrons. The number of piperidine rings is 1. The van der Waals surface area contributed by atoms with Gasteiger partial charge in [0.2, 0.25) is 0 Å². The Hall–Kier alpha value is -0.800. The maximum absolute atomic E-state index is 12.8. The Bertz CT molecular complexity index is 178. The van der Waals surface area contributed by atoms with Crippen LogP contribution in [0.2, 0.25) is 0 Å². The molecular formula is C7H13FN4. The molecule has 5 heteroatoms. The van der Waals surface area contributed by atoms with E-state index in [9.17, 15) is 4.39 Å². The Morgan fingerprint density at radius 3 is 3.17 bits per heavy atom. The van der Waals surface area contributed by atoms with Gasteiger partial charge >= 0.3 is 0 Å². The van der Waals surface area contributed by atoms with Crippen LogP contribution in [-0.4, -0.2) is 37.3 Å². The van der Waals surface area contributed by atoms with Crippen LogP contribution < -0.4 is 0 Å². The molecule has 1 heterocycles. The average Bonchev–Trinajstić information content (AvgIpc) is 2.05. The predicted octanol–water partition coefficient (Wildman–Crippen LogP) is 1.73. The standard InChI is InChI=1S/C7H13FN4/c8-7-2-1-4-12(6-7)5-3-10-11-9/h7H,1-6H2/t7-/m1/s1. The number of likely N-dealkylation sites (tertiary alicyclic amines) is 1. The van der Waals surface area contributed by atoms with Gasteiger partial charge in [0.05, 0.1) is 0 Å². The minimum atomic E-state index is -0.690. The summed E-state index contributed by atoms with van der Waals surface area (Å²) in [6.07, 6.45) is 0.903. The first-order valence-corrected chi connectivity index (χ1v) is 4.20.